The largest absolute Gasteiger partial charge is 0.494 e. The Hall–Kier alpha value is -2.34. The highest BCUT2D eigenvalue weighted by Crippen LogP contribution is 2.39. The average Bonchev–Trinajstić information content (AvgIpc) is 2.92. The van der Waals surface area contributed by atoms with E-state index in [0.29, 0.717) is 28.7 Å². The predicted molar refractivity (Wildman–Crippen MR) is 99.6 cm³/mol. The first-order valence-electron chi connectivity index (χ1n) is 8.48. The van der Waals surface area contributed by atoms with Crippen molar-refractivity contribution in [2.24, 2.45) is 11.7 Å². The first-order chi connectivity index (χ1) is 12.0. The van der Waals surface area contributed by atoms with Crippen LogP contribution in [0.3, 0.4) is 0 Å². The van der Waals surface area contributed by atoms with Gasteiger partial charge in [0.15, 0.2) is 0 Å². The number of fused-ring (bicyclic) bond motifs is 1. The van der Waals surface area contributed by atoms with Crippen molar-refractivity contribution in [2.45, 2.75) is 33.1 Å². The fourth-order valence-electron chi connectivity index (χ4n) is 3.15. The molecule has 5 nitrogen and oxygen atoms in total. The summed E-state index contributed by atoms with van der Waals surface area (Å²) in [5.41, 5.74) is 7.60. The van der Waals surface area contributed by atoms with Crippen molar-refractivity contribution in [2.75, 3.05) is 11.9 Å². The van der Waals surface area contributed by atoms with Gasteiger partial charge in [-0.3, -0.25) is 9.59 Å². The van der Waals surface area contributed by atoms with Gasteiger partial charge in [0.2, 0.25) is 0 Å². The second-order valence-electron chi connectivity index (χ2n) is 6.33. The Labute approximate surface area is 151 Å². The number of nitrogens with two attached hydrogens (primary N) is 1. The van der Waals surface area contributed by atoms with Crippen molar-refractivity contribution >= 4 is 28.2 Å². The molecule has 3 N–H and O–H groups in total. The number of thiophene rings is 1. The number of benzene rings is 1. The summed E-state index contributed by atoms with van der Waals surface area (Å²) in [5.74, 6) is 0.512. The molecule has 6 heteroatoms. The Bertz CT molecular complexity index is 796. The van der Waals surface area contributed by atoms with Gasteiger partial charge < -0.3 is 15.8 Å². The molecule has 1 aromatic carbocycles. The molecule has 0 saturated carbocycles. The zero-order valence-electron chi connectivity index (χ0n) is 14.4. The van der Waals surface area contributed by atoms with E-state index in [0.717, 1.165) is 35.5 Å². The van der Waals surface area contributed by atoms with Crippen LogP contribution >= 0.6 is 11.3 Å². The van der Waals surface area contributed by atoms with Crippen LogP contribution in [0.25, 0.3) is 0 Å². The van der Waals surface area contributed by atoms with Gasteiger partial charge in [0.25, 0.3) is 11.8 Å². The zero-order chi connectivity index (χ0) is 18.0. The first kappa shape index (κ1) is 17.5. The van der Waals surface area contributed by atoms with E-state index in [2.05, 4.69) is 12.2 Å². The van der Waals surface area contributed by atoms with E-state index in [1.54, 1.807) is 24.3 Å². The first-order valence-corrected chi connectivity index (χ1v) is 9.29. The van der Waals surface area contributed by atoms with Crippen LogP contribution < -0.4 is 15.8 Å². The Morgan fingerprint density at radius 1 is 1.32 bits per heavy atom. The lowest BCUT2D eigenvalue weighted by molar-refractivity contribution is 0.1000. The van der Waals surface area contributed by atoms with Gasteiger partial charge >= 0.3 is 0 Å². The molecule has 1 aromatic heterocycles. The summed E-state index contributed by atoms with van der Waals surface area (Å²) in [7, 11) is 0. The number of anilines is 1. The predicted octanol–water partition coefficient (Wildman–Crippen LogP) is 3.62. The van der Waals surface area contributed by atoms with Gasteiger partial charge in [-0.2, -0.15) is 0 Å². The van der Waals surface area contributed by atoms with Crippen LogP contribution in [-0.2, 0) is 12.8 Å². The standard InChI is InChI=1S/C19H22N2O3S/c1-3-24-13-7-5-12(6-8-13)18(23)21-19-16(17(20)22)14-10-11(2)4-9-15(14)25-19/h5-8,11H,3-4,9-10H2,1-2H3,(H2,20,22)(H,21,23). The molecule has 25 heavy (non-hydrogen) atoms. The molecule has 132 valence electrons. The normalized spacial score (nSPS) is 16.2. The molecule has 1 heterocycles. The maximum Gasteiger partial charge on any atom is 0.256 e. The Morgan fingerprint density at radius 3 is 2.68 bits per heavy atom. The maximum absolute atomic E-state index is 12.5. The summed E-state index contributed by atoms with van der Waals surface area (Å²) in [4.78, 5) is 25.7. The lowest BCUT2D eigenvalue weighted by Gasteiger charge is -2.18. The van der Waals surface area contributed by atoms with Gasteiger partial charge in [0, 0.05) is 10.4 Å². The van der Waals surface area contributed by atoms with Crippen LogP contribution in [0, 0.1) is 5.92 Å². The molecule has 2 aromatic rings. The minimum absolute atomic E-state index is 0.253. The van der Waals surface area contributed by atoms with Gasteiger partial charge in [-0.1, -0.05) is 6.92 Å². The van der Waals surface area contributed by atoms with Crippen molar-refractivity contribution < 1.29 is 14.3 Å². The van der Waals surface area contributed by atoms with E-state index in [4.69, 9.17) is 10.5 Å². The van der Waals surface area contributed by atoms with Crippen LogP contribution in [0.4, 0.5) is 5.00 Å². The lowest BCUT2D eigenvalue weighted by Crippen LogP contribution is -2.19. The van der Waals surface area contributed by atoms with Gasteiger partial charge in [0.1, 0.15) is 10.8 Å². The second-order valence-corrected chi connectivity index (χ2v) is 7.44. The highest BCUT2D eigenvalue weighted by Gasteiger charge is 2.27. The smallest absolute Gasteiger partial charge is 0.256 e. The monoisotopic (exact) mass is 358 g/mol. The summed E-state index contributed by atoms with van der Waals surface area (Å²) in [6, 6.07) is 6.93. The summed E-state index contributed by atoms with van der Waals surface area (Å²) >= 11 is 1.47. The third-order valence-corrected chi connectivity index (χ3v) is 5.62. The van der Waals surface area contributed by atoms with Gasteiger partial charge in [-0.25, -0.2) is 0 Å². The van der Waals surface area contributed by atoms with Crippen molar-refractivity contribution in [1.29, 1.82) is 0 Å². The molecule has 1 aliphatic rings. The lowest BCUT2D eigenvalue weighted by atomic mass is 9.87. The number of aryl methyl sites for hydroxylation is 1. The Kier molecular flexibility index (Phi) is 5.08. The van der Waals surface area contributed by atoms with Crippen molar-refractivity contribution in [3.63, 3.8) is 0 Å². The summed E-state index contributed by atoms with van der Waals surface area (Å²) < 4.78 is 5.38. The molecular formula is C19H22N2O3S. The molecule has 0 aliphatic heterocycles. The molecule has 2 amide bonds. The fourth-order valence-corrected chi connectivity index (χ4v) is 4.40. The van der Waals surface area contributed by atoms with Crippen molar-refractivity contribution in [3.8, 4) is 5.75 Å². The maximum atomic E-state index is 12.5. The zero-order valence-corrected chi connectivity index (χ0v) is 15.2. The van der Waals surface area contributed by atoms with E-state index in [9.17, 15) is 9.59 Å². The number of nitrogens with one attached hydrogen (secondary N) is 1. The van der Waals surface area contributed by atoms with Gasteiger partial charge in [0.05, 0.1) is 12.2 Å². The highest BCUT2D eigenvalue weighted by molar-refractivity contribution is 7.17. The molecule has 0 bridgehead atoms. The highest BCUT2D eigenvalue weighted by atomic mass is 32.1. The third kappa shape index (κ3) is 3.69. The number of hydrogen-bond acceptors (Lipinski definition) is 4. The number of amides is 2. The SMILES string of the molecule is CCOc1ccc(C(=O)Nc2sc3c(c2C(N)=O)CC(C)CC3)cc1. The number of primary amides is 1. The molecule has 3 rings (SSSR count). The Balaban J connectivity index is 1.85. The molecule has 0 saturated heterocycles. The quantitative estimate of drug-likeness (QED) is 0.856. The summed E-state index contributed by atoms with van der Waals surface area (Å²) in [5, 5.41) is 3.43. The van der Waals surface area contributed by atoms with Gasteiger partial charge in [-0.05, 0) is 61.9 Å². The van der Waals surface area contributed by atoms with Crippen molar-refractivity contribution in [1.82, 2.24) is 0 Å². The van der Waals surface area contributed by atoms with Crippen LogP contribution in [0.5, 0.6) is 5.75 Å². The fraction of sp³-hybridized carbons (Fsp3) is 0.368. The number of rotatable bonds is 5. The molecule has 0 radical (unpaired) electrons. The van der Waals surface area contributed by atoms with Crippen LogP contribution in [0.15, 0.2) is 24.3 Å². The molecule has 0 spiro atoms. The topological polar surface area (TPSA) is 81.4 Å². The average molecular weight is 358 g/mol. The van der Waals surface area contributed by atoms with E-state index >= 15 is 0 Å². The van der Waals surface area contributed by atoms with Gasteiger partial charge in [-0.15, -0.1) is 11.3 Å². The van der Waals surface area contributed by atoms with E-state index in [-0.39, 0.29) is 5.91 Å². The molecule has 1 atom stereocenters. The molecule has 0 fully saturated rings. The van der Waals surface area contributed by atoms with Crippen LogP contribution in [-0.4, -0.2) is 18.4 Å². The number of ether oxygens (including phenoxy) is 1. The van der Waals surface area contributed by atoms with E-state index in [1.807, 2.05) is 6.92 Å². The minimum Gasteiger partial charge on any atom is -0.494 e. The third-order valence-electron chi connectivity index (χ3n) is 4.41. The number of hydrogen-bond donors (Lipinski definition) is 2. The number of carbonyl (C=O) groups excluding carboxylic acids is 2. The van der Waals surface area contributed by atoms with E-state index < -0.39 is 5.91 Å². The molecule has 1 aliphatic carbocycles. The molecule has 1 unspecified atom stereocenters. The number of carbonyl (C=O) groups is 2. The van der Waals surface area contributed by atoms with Crippen molar-refractivity contribution in [3.05, 3.63) is 45.8 Å². The minimum atomic E-state index is -0.478. The second kappa shape index (κ2) is 7.27. The molecular weight excluding hydrogens is 336 g/mol. The summed E-state index contributed by atoms with van der Waals surface area (Å²) in [6.45, 7) is 4.65. The van der Waals surface area contributed by atoms with Crippen LogP contribution in [0.1, 0.15) is 51.4 Å². The Morgan fingerprint density at radius 2 is 2.04 bits per heavy atom. The van der Waals surface area contributed by atoms with E-state index in [1.165, 1.54) is 11.3 Å². The van der Waals surface area contributed by atoms with Crippen LogP contribution in [0.2, 0.25) is 0 Å². The summed E-state index contributed by atoms with van der Waals surface area (Å²) in [6.07, 6.45) is 2.86.